The van der Waals surface area contributed by atoms with Crippen molar-refractivity contribution in [1.82, 2.24) is 0 Å². The maximum Gasteiger partial charge on any atom is 0.119 e. The van der Waals surface area contributed by atoms with Gasteiger partial charge in [0, 0.05) is 0 Å². The fraction of sp³-hybridized carbons (Fsp3) is 0.462. The predicted molar refractivity (Wildman–Crippen MR) is 119 cm³/mol. The van der Waals surface area contributed by atoms with Gasteiger partial charge in [0.2, 0.25) is 0 Å². The third-order valence-corrected chi connectivity index (χ3v) is 4.91. The molecule has 1 heteroatoms. The van der Waals surface area contributed by atoms with Crippen LogP contribution in [0.4, 0.5) is 0 Å². The molecule has 0 unspecified atom stereocenters. The number of ether oxygens (including phenoxy) is 1. The zero-order valence-corrected chi connectivity index (χ0v) is 17.0. The molecule has 0 saturated heterocycles. The van der Waals surface area contributed by atoms with Crippen molar-refractivity contribution < 1.29 is 4.74 Å². The van der Waals surface area contributed by atoms with Crippen LogP contribution in [0.2, 0.25) is 0 Å². The second kappa shape index (κ2) is 14.1. The Morgan fingerprint density at radius 3 is 1.70 bits per heavy atom. The van der Waals surface area contributed by atoms with E-state index in [1.54, 1.807) is 0 Å². The minimum absolute atomic E-state index is 0.829. The smallest absolute Gasteiger partial charge is 0.119 e. The molecule has 146 valence electrons. The first-order valence-electron chi connectivity index (χ1n) is 10.8. The van der Waals surface area contributed by atoms with E-state index in [9.17, 15) is 0 Å². The highest BCUT2D eigenvalue weighted by atomic mass is 16.5. The molecule has 0 aromatic heterocycles. The summed E-state index contributed by atoms with van der Waals surface area (Å²) in [6.45, 7) is 3.11. The van der Waals surface area contributed by atoms with Crippen molar-refractivity contribution in [3.8, 4) is 5.75 Å². The van der Waals surface area contributed by atoms with Crippen LogP contribution in [0.3, 0.4) is 0 Å². The molecule has 2 aromatic carbocycles. The molecule has 2 aromatic rings. The molecule has 0 saturated carbocycles. The summed E-state index contributed by atoms with van der Waals surface area (Å²) in [6, 6.07) is 18.8. The van der Waals surface area contributed by atoms with Crippen molar-refractivity contribution in [3.05, 3.63) is 65.7 Å². The van der Waals surface area contributed by atoms with Crippen molar-refractivity contribution in [2.75, 3.05) is 6.61 Å². The zero-order valence-electron chi connectivity index (χ0n) is 17.0. The van der Waals surface area contributed by atoms with E-state index >= 15 is 0 Å². The molecule has 0 atom stereocenters. The monoisotopic (exact) mass is 364 g/mol. The molecular weight excluding hydrogens is 328 g/mol. The molecule has 0 bridgehead atoms. The molecule has 1 nitrogen and oxygen atoms in total. The summed E-state index contributed by atoms with van der Waals surface area (Å²) in [5, 5.41) is 0. The lowest BCUT2D eigenvalue weighted by Crippen LogP contribution is -1.97. The predicted octanol–water partition coefficient (Wildman–Crippen LogP) is 8.16. The summed E-state index contributed by atoms with van der Waals surface area (Å²) in [6.07, 6.45) is 17.9. The Bertz CT molecular complexity index is 612. The number of unbranched alkanes of at least 4 members (excludes halogenated alkanes) is 9. The molecule has 2 rings (SSSR count). The first-order valence-corrected chi connectivity index (χ1v) is 10.8. The van der Waals surface area contributed by atoms with Crippen LogP contribution in [0.5, 0.6) is 5.75 Å². The van der Waals surface area contributed by atoms with Crippen LogP contribution in [-0.2, 0) is 0 Å². The molecule has 0 spiro atoms. The molecule has 0 aliphatic rings. The highest BCUT2D eigenvalue weighted by molar-refractivity contribution is 5.69. The minimum atomic E-state index is 0.829. The highest BCUT2D eigenvalue weighted by Crippen LogP contribution is 2.16. The Kier molecular flexibility index (Phi) is 11.1. The number of hydrogen-bond donors (Lipinski definition) is 0. The van der Waals surface area contributed by atoms with E-state index in [0.717, 1.165) is 18.8 Å². The Balaban J connectivity index is 1.52. The van der Waals surface area contributed by atoms with Gasteiger partial charge in [-0.05, 0) is 29.7 Å². The maximum atomic E-state index is 5.87. The lowest BCUT2D eigenvalue weighted by atomic mass is 10.1. The first kappa shape index (κ1) is 21.3. The Labute approximate surface area is 166 Å². The first-order chi connectivity index (χ1) is 13.4. The van der Waals surface area contributed by atoms with Crippen molar-refractivity contribution in [2.24, 2.45) is 0 Å². The van der Waals surface area contributed by atoms with E-state index in [-0.39, 0.29) is 0 Å². The van der Waals surface area contributed by atoms with Gasteiger partial charge in [-0.3, -0.25) is 0 Å². The highest BCUT2D eigenvalue weighted by Gasteiger charge is 1.96. The van der Waals surface area contributed by atoms with E-state index in [4.69, 9.17) is 4.74 Å². The standard InChI is InChI=1S/C26H36O/c1-2-3-4-5-6-7-8-9-10-14-23-27-26-21-19-25(20-22-26)18-17-24-15-12-11-13-16-24/h11-13,15-22H,2-10,14,23H2,1H3. The van der Waals surface area contributed by atoms with Crippen LogP contribution >= 0.6 is 0 Å². The fourth-order valence-electron chi connectivity index (χ4n) is 3.21. The molecule has 0 aliphatic heterocycles. The Hall–Kier alpha value is -2.02. The van der Waals surface area contributed by atoms with Gasteiger partial charge in [0.1, 0.15) is 5.75 Å². The van der Waals surface area contributed by atoms with Crippen LogP contribution in [-0.4, -0.2) is 6.61 Å². The van der Waals surface area contributed by atoms with E-state index < -0.39 is 0 Å². The second-order valence-electron chi connectivity index (χ2n) is 7.34. The van der Waals surface area contributed by atoms with E-state index in [0.29, 0.717) is 0 Å². The van der Waals surface area contributed by atoms with Crippen molar-refractivity contribution >= 4 is 12.2 Å². The third-order valence-electron chi connectivity index (χ3n) is 4.91. The quantitative estimate of drug-likeness (QED) is 0.243. The molecule has 0 amide bonds. The molecule has 0 fully saturated rings. The average molecular weight is 365 g/mol. The summed E-state index contributed by atoms with van der Waals surface area (Å²) in [4.78, 5) is 0. The van der Waals surface area contributed by atoms with E-state index in [1.807, 2.05) is 6.07 Å². The van der Waals surface area contributed by atoms with Gasteiger partial charge in [0.15, 0.2) is 0 Å². The van der Waals surface area contributed by atoms with Crippen LogP contribution in [0.1, 0.15) is 82.3 Å². The summed E-state index contributed by atoms with van der Waals surface area (Å²) in [7, 11) is 0. The molecule has 0 aliphatic carbocycles. The van der Waals surface area contributed by atoms with Gasteiger partial charge in [-0.15, -0.1) is 0 Å². The molecule has 0 N–H and O–H groups in total. The summed E-state index contributed by atoms with van der Waals surface area (Å²) in [5.41, 5.74) is 2.42. The molecular formula is C26H36O. The van der Waals surface area contributed by atoms with Crippen molar-refractivity contribution in [1.29, 1.82) is 0 Å². The van der Waals surface area contributed by atoms with Crippen molar-refractivity contribution in [3.63, 3.8) is 0 Å². The molecule has 27 heavy (non-hydrogen) atoms. The summed E-state index contributed by atoms with van der Waals surface area (Å²) >= 11 is 0. The minimum Gasteiger partial charge on any atom is -0.494 e. The van der Waals surface area contributed by atoms with Crippen molar-refractivity contribution in [2.45, 2.75) is 71.1 Å². The third kappa shape index (κ3) is 10.0. The average Bonchev–Trinajstić information content (AvgIpc) is 2.72. The number of hydrogen-bond acceptors (Lipinski definition) is 1. The van der Waals surface area contributed by atoms with Gasteiger partial charge in [0.05, 0.1) is 6.61 Å². The van der Waals surface area contributed by atoms with E-state index in [1.165, 1.54) is 68.9 Å². The fourth-order valence-corrected chi connectivity index (χ4v) is 3.21. The normalized spacial score (nSPS) is 11.1. The number of benzene rings is 2. The van der Waals surface area contributed by atoms with Gasteiger partial charge in [-0.1, -0.05) is 119 Å². The van der Waals surface area contributed by atoms with Gasteiger partial charge in [-0.2, -0.15) is 0 Å². The van der Waals surface area contributed by atoms with Crippen LogP contribution in [0.25, 0.3) is 12.2 Å². The molecule has 0 radical (unpaired) electrons. The topological polar surface area (TPSA) is 9.23 Å². The Morgan fingerprint density at radius 2 is 1.11 bits per heavy atom. The zero-order chi connectivity index (χ0) is 19.0. The largest absolute Gasteiger partial charge is 0.494 e. The second-order valence-corrected chi connectivity index (χ2v) is 7.34. The lowest BCUT2D eigenvalue weighted by Gasteiger charge is -2.06. The summed E-state index contributed by atoms with van der Waals surface area (Å²) < 4.78 is 5.87. The van der Waals surface area contributed by atoms with Gasteiger partial charge >= 0.3 is 0 Å². The summed E-state index contributed by atoms with van der Waals surface area (Å²) in [5.74, 6) is 0.975. The van der Waals surface area contributed by atoms with Gasteiger partial charge < -0.3 is 4.74 Å². The molecule has 0 heterocycles. The van der Waals surface area contributed by atoms with Gasteiger partial charge in [0.25, 0.3) is 0 Å². The van der Waals surface area contributed by atoms with Crippen LogP contribution < -0.4 is 4.74 Å². The lowest BCUT2D eigenvalue weighted by molar-refractivity contribution is 0.304. The Morgan fingerprint density at radius 1 is 0.593 bits per heavy atom. The SMILES string of the molecule is CCCCCCCCCCCCOc1ccc(C=Cc2ccccc2)cc1. The maximum absolute atomic E-state index is 5.87. The van der Waals surface area contributed by atoms with Crippen LogP contribution in [0, 0.1) is 0 Å². The van der Waals surface area contributed by atoms with Gasteiger partial charge in [-0.25, -0.2) is 0 Å². The number of rotatable bonds is 14. The van der Waals surface area contributed by atoms with Crippen LogP contribution in [0.15, 0.2) is 54.6 Å². The van der Waals surface area contributed by atoms with E-state index in [2.05, 4.69) is 67.6 Å².